The van der Waals surface area contributed by atoms with Crippen LogP contribution in [-0.2, 0) is 9.53 Å². The number of ether oxygens (including phenoxy) is 1. The molecule has 3 nitrogen and oxygen atoms in total. The van der Waals surface area contributed by atoms with Crippen LogP contribution in [0.4, 0.5) is 0 Å². The molecule has 3 atom stereocenters. The molecule has 1 fully saturated rings. The summed E-state index contributed by atoms with van der Waals surface area (Å²) in [7, 11) is 1.39. The minimum Gasteiger partial charge on any atom is -0.469 e. The largest absolute Gasteiger partial charge is 0.469 e. The highest BCUT2D eigenvalue weighted by atomic mass is 16.5. The summed E-state index contributed by atoms with van der Waals surface area (Å²) in [4.78, 5) is 11.2. The molecular weight excluding hydrogens is 192 g/mol. The van der Waals surface area contributed by atoms with E-state index in [9.17, 15) is 9.90 Å². The zero-order chi connectivity index (χ0) is 11.3. The van der Waals surface area contributed by atoms with Crippen LogP contribution < -0.4 is 0 Å². The molecular formula is C12H20O3. The Morgan fingerprint density at radius 2 is 2.33 bits per heavy atom. The molecule has 0 saturated heterocycles. The van der Waals surface area contributed by atoms with E-state index in [-0.39, 0.29) is 18.0 Å². The average Bonchev–Trinajstić information content (AvgIpc) is 2.57. The molecule has 0 aromatic rings. The van der Waals surface area contributed by atoms with E-state index in [0.717, 1.165) is 25.7 Å². The molecule has 0 aromatic carbocycles. The van der Waals surface area contributed by atoms with Crippen LogP contribution in [0.15, 0.2) is 12.7 Å². The number of hydrogen-bond donors (Lipinski definition) is 1. The molecule has 0 aliphatic heterocycles. The summed E-state index contributed by atoms with van der Waals surface area (Å²) in [5, 5.41) is 9.77. The van der Waals surface area contributed by atoms with E-state index < -0.39 is 0 Å². The van der Waals surface area contributed by atoms with Crippen molar-refractivity contribution in [1.82, 2.24) is 0 Å². The smallest absolute Gasteiger partial charge is 0.305 e. The van der Waals surface area contributed by atoms with Crippen molar-refractivity contribution in [2.24, 2.45) is 11.8 Å². The lowest BCUT2D eigenvalue weighted by Gasteiger charge is -2.20. The van der Waals surface area contributed by atoms with Crippen LogP contribution in [0.25, 0.3) is 0 Å². The lowest BCUT2D eigenvalue weighted by Crippen LogP contribution is -2.23. The van der Waals surface area contributed by atoms with Crippen molar-refractivity contribution in [3.05, 3.63) is 12.7 Å². The Morgan fingerprint density at radius 3 is 2.93 bits per heavy atom. The molecule has 0 amide bonds. The van der Waals surface area contributed by atoms with Gasteiger partial charge in [-0.25, -0.2) is 0 Å². The Bertz CT molecular complexity index is 225. The van der Waals surface area contributed by atoms with E-state index in [1.807, 2.05) is 6.08 Å². The summed E-state index contributed by atoms with van der Waals surface area (Å²) in [6.45, 7) is 3.69. The van der Waals surface area contributed by atoms with E-state index in [1.54, 1.807) is 0 Å². The molecule has 15 heavy (non-hydrogen) atoms. The van der Waals surface area contributed by atoms with Crippen LogP contribution in [0.2, 0.25) is 0 Å². The van der Waals surface area contributed by atoms with Crippen LogP contribution in [0, 0.1) is 11.8 Å². The van der Waals surface area contributed by atoms with Crippen LogP contribution in [0.3, 0.4) is 0 Å². The fourth-order valence-corrected chi connectivity index (χ4v) is 2.40. The Kier molecular flexibility index (Phi) is 4.82. The molecule has 0 radical (unpaired) electrons. The van der Waals surface area contributed by atoms with E-state index in [4.69, 9.17) is 0 Å². The van der Waals surface area contributed by atoms with Crippen molar-refractivity contribution in [2.45, 2.75) is 38.2 Å². The van der Waals surface area contributed by atoms with Gasteiger partial charge in [-0.1, -0.05) is 6.08 Å². The summed E-state index contributed by atoms with van der Waals surface area (Å²) in [5.74, 6) is 0.305. The molecule has 3 unspecified atom stereocenters. The van der Waals surface area contributed by atoms with Gasteiger partial charge in [-0.05, 0) is 37.5 Å². The minimum atomic E-state index is -0.334. The van der Waals surface area contributed by atoms with Gasteiger partial charge in [0, 0.05) is 0 Å². The summed E-state index contributed by atoms with van der Waals surface area (Å²) in [5.41, 5.74) is 0. The fourth-order valence-electron chi connectivity index (χ4n) is 2.40. The molecule has 1 aliphatic carbocycles. The second-order valence-electron chi connectivity index (χ2n) is 4.21. The number of rotatable bonds is 5. The minimum absolute atomic E-state index is 0.0809. The maximum Gasteiger partial charge on any atom is 0.305 e. The lowest BCUT2D eigenvalue weighted by molar-refractivity contribution is -0.143. The number of aliphatic hydroxyl groups excluding tert-OH is 1. The SMILES string of the molecule is C=CCCC1CCC(O)C1CC(=O)OC. The zero-order valence-electron chi connectivity index (χ0n) is 9.32. The standard InChI is InChI=1S/C12H20O3/c1-3-4-5-9-6-7-11(13)10(9)8-12(14)15-2/h3,9-11,13H,1,4-8H2,2H3. The van der Waals surface area contributed by atoms with Crippen molar-refractivity contribution in [3.8, 4) is 0 Å². The van der Waals surface area contributed by atoms with Gasteiger partial charge in [0.15, 0.2) is 0 Å². The Morgan fingerprint density at radius 1 is 1.60 bits per heavy atom. The third-order valence-corrected chi connectivity index (χ3v) is 3.30. The number of carbonyl (C=O) groups excluding carboxylic acids is 1. The van der Waals surface area contributed by atoms with Gasteiger partial charge in [0.1, 0.15) is 0 Å². The topological polar surface area (TPSA) is 46.5 Å². The van der Waals surface area contributed by atoms with Gasteiger partial charge in [0.05, 0.1) is 19.6 Å². The van der Waals surface area contributed by atoms with Gasteiger partial charge >= 0.3 is 5.97 Å². The Hall–Kier alpha value is -0.830. The summed E-state index contributed by atoms with van der Waals surface area (Å²) >= 11 is 0. The van der Waals surface area contributed by atoms with Crippen LogP contribution >= 0.6 is 0 Å². The molecule has 0 heterocycles. The Balaban J connectivity index is 2.48. The summed E-state index contributed by atoms with van der Waals surface area (Å²) in [6.07, 6.45) is 5.69. The van der Waals surface area contributed by atoms with Gasteiger partial charge in [-0.3, -0.25) is 4.79 Å². The molecule has 1 aliphatic rings. The molecule has 0 aromatic heterocycles. The summed E-state index contributed by atoms with van der Waals surface area (Å²) < 4.78 is 4.64. The number of esters is 1. The van der Waals surface area contributed by atoms with Crippen LogP contribution in [0.1, 0.15) is 32.1 Å². The van der Waals surface area contributed by atoms with Gasteiger partial charge in [-0.2, -0.15) is 0 Å². The number of hydrogen-bond acceptors (Lipinski definition) is 3. The normalized spacial score (nSPS) is 30.1. The van der Waals surface area contributed by atoms with Gasteiger partial charge in [0.2, 0.25) is 0 Å². The van der Waals surface area contributed by atoms with Crippen LogP contribution in [-0.4, -0.2) is 24.3 Å². The first kappa shape index (κ1) is 12.2. The monoisotopic (exact) mass is 212 g/mol. The highest BCUT2D eigenvalue weighted by molar-refractivity contribution is 5.69. The quantitative estimate of drug-likeness (QED) is 0.559. The van der Waals surface area contributed by atoms with Crippen molar-refractivity contribution in [2.75, 3.05) is 7.11 Å². The first-order valence-electron chi connectivity index (χ1n) is 5.54. The molecule has 1 rings (SSSR count). The highest BCUT2D eigenvalue weighted by Gasteiger charge is 2.35. The molecule has 1 saturated carbocycles. The van der Waals surface area contributed by atoms with Crippen molar-refractivity contribution >= 4 is 5.97 Å². The van der Waals surface area contributed by atoms with Gasteiger partial charge in [0.25, 0.3) is 0 Å². The average molecular weight is 212 g/mol. The predicted octanol–water partition coefficient (Wildman–Crippen LogP) is 1.90. The lowest BCUT2D eigenvalue weighted by atomic mass is 9.88. The van der Waals surface area contributed by atoms with Crippen LogP contribution in [0.5, 0.6) is 0 Å². The third-order valence-electron chi connectivity index (χ3n) is 3.30. The third kappa shape index (κ3) is 3.34. The molecule has 0 spiro atoms. The van der Waals surface area contributed by atoms with Crippen molar-refractivity contribution < 1.29 is 14.6 Å². The molecule has 1 N–H and O–H groups in total. The highest BCUT2D eigenvalue weighted by Crippen LogP contribution is 2.37. The van der Waals surface area contributed by atoms with Crippen molar-refractivity contribution in [1.29, 1.82) is 0 Å². The number of carbonyl (C=O) groups is 1. The number of allylic oxidation sites excluding steroid dienone is 1. The zero-order valence-corrected chi connectivity index (χ0v) is 9.32. The predicted molar refractivity (Wildman–Crippen MR) is 58.3 cm³/mol. The van der Waals surface area contributed by atoms with E-state index in [2.05, 4.69) is 11.3 Å². The first-order valence-corrected chi connectivity index (χ1v) is 5.54. The number of aliphatic hydroxyl groups is 1. The summed E-state index contributed by atoms with van der Waals surface area (Å²) in [6, 6.07) is 0. The fraction of sp³-hybridized carbons (Fsp3) is 0.750. The van der Waals surface area contributed by atoms with E-state index in [0.29, 0.717) is 12.3 Å². The maximum absolute atomic E-state index is 11.2. The maximum atomic E-state index is 11.2. The van der Waals surface area contributed by atoms with E-state index >= 15 is 0 Å². The van der Waals surface area contributed by atoms with Crippen molar-refractivity contribution in [3.63, 3.8) is 0 Å². The molecule has 0 bridgehead atoms. The van der Waals surface area contributed by atoms with Gasteiger partial charge < -0.3 is 9.84 Å². The molecule has 3 heteroatoms. The Labute approximate surface area is 91.1 Å². The second-order valence-corrected chi connectivity index (χ2v) is 4.21. The second kappa shape index (κ2) is 5.91. The first-order chi connectivity index (χ1) is 7.19. The van der Waals surface area contributed by atoms with E-state index in [1.165, 1.54) is 7.11 Å². The number of methoxy groups -OCH3 is 1. The molecule has 86 valence electrons. The van der Waals surface area contributed by atoms with Gasteiger partial charge in [-0.15, -0.1) is 6.58 Å².